The van der Waals surface area contributed by atoms with Crippen LogP contribution in [0.2, 0.25) is 0 Å². The predicted molar refractivity (Wildman–Crippen MR) is 138 cm³/mol. The minimum atomic E-state index is 0.929. The zero-order valence-electron chi connectivity index (χ0n) is 18.6. The van der Waals surface area contributed by atoms with Crippen molar-refractivity contribution in [1.82, 2.24) is 0 Å². The molecule has 0 N–H and O–H groups in total. The smallest absolute Gasteiger partial charge is 0.213 e. The van der Waals surface area contributed by atoms with Crippen LogP contribution in [0.3, 0.4) is 0 Å². The zero-order chi connectivity index (χ0) is 22.1. The van der Waals surface area contributed by atoms with Gasteiger partial charge in [-0.05, 0) is 70.4 Å². The average Bonchev–Trinajstić information content (AvgIpc) is 3.19. The summed E-state index contributed by atoms with van der Waals surface area (Å²) in [7, 11) is 2.14. The molecule has 0 atom stereocenters. The molecular formula is C31H22NO+. The summed E-state index contributed by atoms with van der Waals surface area (Å²) in [5, 5.41) is 8.57. The quantitative estimate of drug-likeness (QED) is 0.194. The van der Waals surface area contributed by atoms with Crippen molar-refractivity contribution < 1.29 is 8.98 Å². The van der Waals surface area contributed by atoms with Crippen LogP contribution in [0.4, 0.5) is 0 Å². The summed E-state index contributed by atoms with van der Waals surface area (Å²) in [5.74, 6) is 0. The van der Waals surface area contributed by atoms with Crippen LogP contribution in [0.5, 0.6) is 0 Å². The molecule has 156 valence electrons. The number of hydrogen-bond acceptors (Lipinski definition) is 1. The minimum absolute atomic E-state index is 0.929. The van der Waals surface area contributed by atoms with Crippen LogP contribution in [-0.2, 0) is 7.05 Å². The first kappa shape index (κ1) is 18.4. The lowest BCUT2D eigenvalue weighted by Crippen LogP contribution is -2.32. The monoisotopic (exact) mass is 424 g/mol. The highest BCUT2D eigenvalue weighted by Crippen LogP contribution is 2.37. The maximum absolute atomic E-state index is 6.44. The maximum Gasteiger partial charge on any atom is 0.213 e. The molecule has 0 radical (unpaired) electrons. The van der Waals surface area contributed by atoms with Gasteiger partial charge in [-0.25, -0.2) is 0 Å². The largest absolute Gasteiger partial charge is 0.456 e. The third kappa shape index (κ3) is 2.64. The molecule has 0 bridgehead atoms. The van der Waals surface area contributed by atoms with Crippen molar-refractivity contribution in [1.29, 1.82) is 0 Å². The number of aromatic nitrogens is 1. The lowest BCUT2D eigenvalue weighted by Gasteiger charge is -2.07. The number of pyridine rings is 1. The maximum atomic E-state index is 6.44. The number of hydrogen-bond donors (Lipinski definition) is 0. The van der Waals surface area contributed by atoms with Crippen molar-refractivity contribution in [2.24, 2.45) is 7.05 Å². The van der Waals surface area contributed by atoms with E-state index in [1.807, 2.05) is 0 Å². The Morgan fingerprint density at radius 2 is 1.27 bits per heavy atom. The van der Waals surface area contributed by atoms with E-state index >= 15 is 0 Å². The van der Waals surface area contributed by atoms with Crippen LogP contribution in [0.25, 0.3) is 65.6 Å². The Kier molecular flexibility index (Phi) is 3.72. The molecule has 2 heteroatoms. The number of rotatable bonds is 1. The average molecular weight is 425 g/mol. The molecule has 7 aromatic rings. The molecule has 2 aromatic heterocycles. The second-order valence-corrected chi connectivity index (χ2v) is 8.96. The van der Waals surface area contributed by atoms with Crippen molar-refractivity contribution in [2.75, 3.05) is 0 Å². The summed E-state index contributed by atoms with van der Waals surface area (Å²) < 4.78 is 8.72. The molecule has 0 aliphatic carbocycles. The Morgan fingerprint density at radius 3 is 2.18 bits per heavy atom. The van der Waals surface area contributed by atoms with E-state index < -0.39 is 0 Å². The Labute approximate surface area is 191 Å². The summed E-state index contributed by atoms with van der Waals surface area (Å²) in [5.41, 5.74) is 6.72. The van der Waals surface area contributed by atoms with Gasteiger partial charge in [0, 0.05) is 28.3 Å². The second kappa shape index (κ2) is 6.66. The van der Waals surface area contributed by atoms with Crippen LogP contribution >= 0.6 is 0 Å². The Morgan fingerprint density at radius 1 is 0.576 bits per heavy atom. The second-order valence-electron chi connectivity index (χ2n) is 8.96. The number of fused-ring (bicyclic) bond motifs is 7. The highest BCUT2D eigenvalue weighted by molar-refractivity contribution is 6.16. The van der Waals surface area contributed by atoms with Gasteiger partial charge in [-0.1, -0.05) is 48.5 Å². The SMILES string of the molecule is Cc1cc2c(cc1-c1ccc3ccccc3[n+]1C)oc1cc3c(ccc4ccccc43)cc12. The normalized spacial score (nSPS) is 11.9. The van der Waals surface area contributed by atoms with Crippen molar-refractivity contribution >= 4 is 54.4 Å². The van der Waals surface area contributed by atoms with E-state index in [0.717, 1.165) is 11.2 Å². The van der Waals surface area contributed by atoms with Crippen LogP contribution in [0.15, 0.2) is 101 Å². The first-order valence-electron chi connectivity index (χ1n) is 11.3. The standard InChI is InChI=1S/C31H22NO/c1-19-15-26-27-16-22-12-11-20-7-3-5-9-23(20)25(22)18-31(27)33-30(26)17-24(19)29-14-13-21-8-4-6-10-28(21)32(29)2/h3-18H,1-2H3/q+1. The van der Waals surface area contributed by atoms with Gasteiger partial charge >= 0.3 is 0 Å². The molecule has 0 amide bonds. The van der Waals surface area contributed by atoms with Gasteiger partial charge in [-0.3, -0.25) is 0 Å². The first-order chi connectivity index (χ1) is 16.2. The summed E-state index contributed by atoms with van der Waals surface area (Å²) in [6, 6.07) is 34.8. The Bertz CT molecular complexity index is 1890. The van der Waals surface area contributed by atoms with Crippen molar-refractivity contribution in [3.05, 3.63) is 103 Å². The number of para-hydroxylation sites is 1. The van der Waals surface area contributed by atoms with E-state index in [9.17, 15) is 0 Å². The molecule has 0 saturated carbocycles. The van der Waals surface area contributed by atoms with E-state index in [1.165, 1.54) is 60.0 Å². The third-order valence-electron chi connectivity index (χ3n) is 7.04. The van der Waals surface area contributed by atoms with E-state index in [1.54, 1.807) is 0 Å². The highest BCUT2D eigenvalue weighted by atomic mass is 16.3. The van der Waals surface area contributed by atoms with Crippen molar-refractivity contribution in [3.8, 4) is 11.3 Å². The molecule has 0 aliphatic heterocycles. The fourth-order valence-electron chi connectivity index (χ4n) is 5.32. The summed E-state index contributed by atoms with van der Waals surface area (Å²) in [4.78, 5) is 0. The fraction of sp³-hybridized carbons (Fsp3) is 0.0645. The lowest BCUT2D eigenvalue weighted by molar-refractivity contribution is -0.633. The molecular weight excluding hydrogens is 402 g/mol. The lowest BCUT2D eigenvalue weighted by atomic mass is 9.98. The third-order valence-corrected chi connectivity index (χ3v) is 7.04. The van der Waals surface area contributed by atoms with Gasteiger partial charge in [0.2, 0.25) is 11.2 Å². The molecule has 0 saturated heterocycles. The molecule has 5 aromatic carbocycles. The van der Waals surface area contributed by atoms with Gasteiger partial charge in [0.05, 0.1) is 5.56 Å². The van der Waals surface area contributed by atoms with E-state index in [0.29, 0.717) is 0 Å². The molecule has 7 rings (SSSR count). The Hall–Kier alpha value is -4.17. The molecule has 33 heavy (non-hydrogen) atoms. The van der Waals surface area contributed by atoms with Crippen LogP contribution in [0, 0.1) is 6.92 Å². The van der Waals surface area contributed by atoms with Gasteiger partial charge in [-0.15, -0.1) is 0 Å². The summed E-state index contributed by atoms with van der Waals surface area (Å²) >= 11 is 0. The topological polar surface area (TPSA) is 17.0 Å². The fourth-order valence-corrected chi connectivity index (χ4v) is 5.32. The molecule has 0 spiro atoms. The van der Waals surface area contributed by atoms with Gasteiger partial charge in [0.1, 0.15) is 18.2 Å². The van der Waals surface area contributed by atoms with Crippen LogP contribution in [-0.4, -0.2) is 0 Å². The number of nitrogens with zero attached hydrogens (tertiary/aromatic N) is 1. The molecule has 2 nitrogen and oxygen atoms in total. The number of furan rings is 1. The van der Waals surface area contributed by atoms with Crippen molar-refractivity contribution in [3.63, 3.8) is 0 Å². The van der Waals surface area contributed by atoms with Crippen LogP contribution < -0.4 is 4.57 Å². The van der Waals surface area contributed by atoms with Crippen LogP contribution in [0.1, 0.15) is 5.56 Å². The van der Waals surface area contributed by atoms with Gasteiger partial charge in [0.25, 0.3) is 0 Å². The van der Waals surface area contributed by atoms with Gasteiger partial charge < -0.3 is 4.42 Å². The number of benzene rings is 5. The van der Waals surface area contributed by atoms with E-state index in [4.69, 9.17) is 4.42 Å². The first-order valence-corrected chi connectivity index (χ1v) is 11.3. The molecule has 0 aliphatic rings. The Balaban J connectivity index is 1.50. The zero-order valence-corrected chi connectivity index (χ0v) is 18.6. The highest BCUT2D eigenvalue weighted by Gasteiger charge is 2.19. The van der Waals surface area contributed by atoms with Gasteiger partial charge in [-0.2, -0.15) is 4.57 Å². The van der Waals surface area contributed by atoms with E-state index in [2.05, 4.69) is 116 Å². The summed E-state index contributed by atoms with van der Waals surface area (Å²) in [6.07, 6.45) is 0. The minimum Gasteiger partial charge on any atom is -0.456 e. The van der Waals surface area contributed by atoms with Crippen molar-refractivity contribution in [2.45, 2.75) is 6.92 Å². The van der Waals surface area contributed by atoms with E-state index in [-0.39, 0.29) is 0 Å². The van der Waals surface area contributed by atoms with Gasteiger partial charge in [0.15, 0.2) is 0 Å². The predicted octanol–water partition coefficient (Wildman–Crippen LogP) is 7.85. The number of aryl methyl sites for hydroxylation is 2. The molecule has 0 unspecified atom stereocenters. The molecule has 0 fully saturated rings. The summed E-state index contributed by atoms with van der Waals surface area (Å²) in [6.45, 7) is 2.19. The molecule has 2 heterocycles.